The van der Waals surface area contributed by atoms with E-state index in [2.05, 4.69) is 21.2 Å². The quantitative estimate of drug-likeness (QED) is 0.267. The molecule has 3 aromatic carbocycles. The Morgan fingerprint density at radius 3 is 2.27 bits per heavy atom. The van der Waals surface area contributed by atoms with Gasteiger partial charge in [-0.05, 0) is 87.7 Å². The molecule has 0 heterocycles. The Hall–Kier alpha value is -2.88. The summed E-state index contributed by atoms with van der Waals surface area (Å²) in [6.07, 6.45) is 0.733. The molecule has 2 atom stereocenters. The maximum atomic E-state index is 14.0. The van der Waals surface area contributed by atoms with Gasteiger partial charge in [0.25, 0.3) is 10.0 Å². The van der Waals surface area contributed by atoms with Crippen LogP contribution >= 0.6 is 27.5 Å². The van der Waals surface area contributed by atoms with Crippen molar-refractivity contribution in [2.75, 3.05) is 10.8 Å². The molecule has 0 radical (unpaired) electrons. The summed E-state index contributed by atoms with van der Waals surface area (Å²) in [7, 11) is -4.15. The number of hydrogen-bond acceptors (Lipinski definition) is 4. The summed E-state index contributed by atoms with van der Waals surface area (Å²) in [5, 5.41) is 3.39. The number of halogens is 2. The van der Waals surface area contributed by atoms with Crippen molar-refractivity contribution in [1.82, 2.24) is 10.2 Å². The van der Waals surface area contributed by atoms with E-state index in [1.54, 1.807) is 44.2 Å². The van der Waals surface area contributed by atoms with Gasteiger partial charge in [-0.15, -0.1) is 0 Å². The average molecular weight is 649 g/mol. The van der Waals surface area contributed by atoms with E-state index in [0.29, 0.717) is 16.3 Å². The molecule has 0 bridgehead atoms. The van der Waals surface area contributed by atoms with Crippen LogP contribution in [0.15, 0.2) is 76.1 Å². The third-order valence-electron chi connectivity index (χ3n) is 6.73. The first kappa shape index (κ1) is 31.6. The minimum atomic E-state index is -4.15. The minimum absolute atomic E-state index is 0.0568. The molecule has 214 valence electrons. The van der Waals surface area contributed by atoms with Crippen LogP contribution in [0.3, 0.4) is 0 Å². The van der Waals surface area contributed by atoms with Gasteiger partial charge in [-0.3, -0.25) is 13.9 Å². The maximum Gasteiger partial charge on any atom is 0.264 e. The van der Waals surface area contributed by atoms with E-state index in [4.69, 9.17) is 11.6 Å². The van der Waals surface area contributed by atoms with Crippen LogP contribution in [0.4, 0.5) is 5.69 Å². The van der Waals surface area contributed by atoms with Gasteiger partial charge in [-0.25, -0.2) is 8.42 Å². The summed E-state index contributed by atoms with van der Waals surface area (Å²) >= 11 is 9.63. The SMILES string of the molecule is CC[C@H](C)NC(=O)[C@@H](C)N(Cc1cccc(Br)c1)C(=O)CN(c1ccc(Cl)cc1C)S(=O)(=O)c1ccc(C)cc1. The molecule has 0 spiro atoms. The van der Waals surface area contributed by atoms with Gasteiger partial charge < -0.3 is 10.2 Å². The summed E-state index contributed by atoms with van der Waals surface area (Å²) in [6, 6.07) is 17.8. The fraction of sp³-hybridized carbons (Fsp3) is 0.333. The molecule has 0 aliphatic heterocycles. The predicted molar refractivity (Wildman–Crippen MR) is 164 cm³/mol. The highest BCUT2D eigenvalue weighted by Crippen LogP contribution is 2.29. The Morgan fingerprint density at radius 2 is 1.68 bits per heavy atom. The first-order valence-electron chi connectivity index (χ1n) is 13.0. The first-order valence-corrected chi connectivity index (χ1v) is 15.6. The standard InChI is InChI=1S/C30H35BrClN3O4S/c1-6-22(4)33-30(37)23(5)34(18-24-8-7-9-25(31)17-24)29(36)19-35(28-15-12-26(32)16-21(28)3)40(38,39)27-13-10-20(2)11-14-27/h7-17,22-23H,6,18-19H2,1-5H3,(H,33,37)/t22-,23+/m0/s1. The number of nitrogens with zero attached hydrogens (tertiary/aromatic N) is 2. The van der Waals surface area contributed by atoms with E-state index in [1.807, 2.05) is 45.0 Å². The number of rotatable bonds is 11. The zero-order chi connectivity index (χ0) is 29.6. The van der Waals surface area contributed by atoms with Gasteiger partial charge in [-0.2, -0.15) is 0 Å². The third kappa shape index (κ3) is 7.86. The molecular weight excluding hydrogens is 614 g/mol. The smallest absolute Gasteiger partial charge is 0.264 e. The van der Waals surface area contributed by atoms with Crippen molar-refractivity contribution in [3.05, 3.63) is 92.9 Å². The van der Waals surface area contributed by atoms with Gasteiger partial charge in [-0.1, -0.05) is 64.3 Å². The van der Waals surface area contributed by atoms with Crippen molar-refractivity contribution >= 4 is 55.1 Å². The summed E-state index contributed by atoms with van der Waals surface area (Å²) in [5.41, 5.74) is 2.63. The van der Waals surface area contributed by atoms with Gasteiger partial charge in [0.05, 0.1) is 10.6 Å². The number of carbonyl (C=O) groups excluding carboxylic acids is 2. The molecule has 0 aliphatic carbocycles. The van der Waals surface area contributed by atoms with Crippen LogP contribution in [-0.4, -0.2) is 43.8 Å². The zero-order valence-electron chi connectivity index (χ0n) is 23.3. The Balaban J connectivity index is 2.06. The molecule has 0 fully saturated rings. The number of aryl methyl sites for hydroxylation is 2. The normalized spacial score (nSPS) is 12.9. The van der Waals surface area contributed by atoms with Gasteiger partial charge in [0, 0.05) is 22.1 Å². The average Bonchev–Trinajstić information content (AvgIpc) is 2.90. The third-order valence-corrected chi connectivity index (χ3v) is 9.23. The largest absolute Gasteiger partial charge is 0.352 e. The second-order valence-corrected chi connectivity index (χ2v) is 13.1. The van der Waals surface area contributed by atoms with E-state index >= 15 is 0 Å². The Bertz CT molecular complexity index is 1460. The van der Waals surface area contributed by atoms with E-state index in [1.165, 1.54) is 17.0 Å². The molecule has 0 saturated heterocycles. The number of sulfonamides is 1. The van der Waals surface area contributed by atoms with Crippen LogP contribution in [0.2, 0.25) is 5.02 Å². The van der Waals surface area contributed by atoms with Crippen LogP contribution in [0, 0.1) is 13.8 Å². The topological polar surface area (TPSA) is 86.8 Å². The summed E-state index contributed by atoms with van der Waals surface area (Å²) in [4.78, 5) is 28.7. The Labute approximate surface area is 250 Å². The fourth-order valence-electron chi connectivity index (χ4n) is 4.13. The van der Waals surface area contributed by atoms with E-state index in [0.717, 1.165) is 26.3 Å². The molecule has 0 saturated carbocycles. The minimum Gasteiger partial charge on any atom is -0.352 e. The highest BCUT2D eigenvalue weighted by Gasteiger charge is 2.33. The molecule has 10 heteroatoms. The van der Waals surface area contributed by atoms with Crippen molar-refractivity contribution in [2.45, 2.75) is 64.6 Å². The lowest BCUT2D eigenvalue weighted by atomic mass is 10.1. The Kier molecular flexibility index (Phi) is 10.8. The van der Waals surface area contributed by atoms with Crippen molar-refractivity contribution in [2.24, 2.45) is 0 Å². The summed E-state index contributed by atoms with van der Waals surface area (Å²) < 4.78 is 29.9. The Morgan fingerprint density at radius 1 is 1.00 bits per heavy atom. The van der Waals surface area contributed by atoms with Crippen LogP contribution < -0.4 is 9.62 Å². The molecule has 1 N–H and O–H groups in total. The molecule has 0 unspecified atom stereocenters. The first-order chi connectivity index (χ1) is 18.8. The molecule has 3 rings (SSSR count). The number of carbonyl (C=O) groups is 2. The van der Waals surface area contributed by atoms with Crippen LogP contribution in [-0.2, 0) is 26.2 Å². The molecule has 2 amide bonds. The number of hydrogen-bond donors (Lipinski definition) is 1. The lowest BCUT2D eigenvalue weighted by Gasteiger charge is -2.33. The van der Waals surface area contributed by atoms with Crippen molar-refractivity contribution < 1.29 is 18.0 Å². The number of nitrogens with one attached hydrogen (secondary N) is 1. The molecule has 40 heavy (non-hydrogen) atoms. The van der Waals surface area contributed by atoms with Crippen LogP contribution in [0.5, 0.6) is 0 Å². The second kappa shape index (κ2) is 13.7. The van der Waals surface area contributed by atoms with Crippen LogP contribution in [0.1, 0.15) is 43.9 Å². The molecular formula is C30H35BrClN3O4S. The van der Waals surface area contributed by atoms with Crippen molar-refractivity contribution in [3.8, 4) is 0 Å². The molecule has 3 aromatic rings. The van der Waals surface area contributed by atoms with Gasteiger partial charge in [0.1, 0.15) is 12.6 Å². The van der Waals surface area contributed by atoms with Crippen molar-refractivity contribution in [1.29, 1.82) is 0 Å². The van der Waals surface area contributed by atoms with Gasteiger partial charge in [0.15, 0.2) is 0 Å². The maximum absolute atomic E-state index is 14.0. The lowest BCUT2D eigenvalue weighted by Crippen LogP contribution is -2.52. The summed E-state index contributed by atoms with van der Waals surface area (Å²) in [5.74, 6) is -0.829. The number of benzene rings is 3. The monoisotopic (exact) mass is 647 g/mol. The van der Waals surface area contributed by atoms with E-state index in [-0.39, 0.29) is 23.4 Å². The van der Waals surface area contributed by atoms with Gasteiger partial charge in [0.2, 0.25) is 11.8 Å². The van der Waals surface area contributed by atoms with Crippen LogP contribution in [0.25, 0.3) is 0 Å². The zero-order valence-corrected chi connectivity index (χ0v) is 26.5. The van der Waals surface area contributed by atoms with E-state index in [9.17, 15) is 18.0 Å². The van der Waals surface area contributed by atoms with Crippen molar-refractivity contribution in [3.63, 3.8) is 0 Å². The summed E-state index contributed by atoms with van der Waals surface area (Å²) in [6.45, 7) is 8.73. The fourth-order valence-corrected chi connectivity index (χ4v) is 6.28. The molecule has 7 nitrogen and oxygen atoms in total. The predicted octanol–water partition coefficient (Wildman–Crippen LogP) is 6.25. The highest BCUT2D eigenvalue weighted by atomic mass is 79.9. The lowest BCUT2D eigenvalue weighted by molar-refractivity contribution is -0.139. The molecule has 0 aromatic heterocycles. The second-order valence-electron chi connectivity index (χ2n) is 9.90. The highest BCUT2D eigenvalue weighted by molar-refractivity contribution is 9.10. The van der Waals surface area contributed by atoms with E-state index < -0.39 is 28.5 Å². The molecule has 0 aliphatic rings. The number of anilines is 1. The van der Waals surface area contributed by atoms with Gasteiger partial charge >= 0.3 is 0 Å². The number of amides is 2.